The Morgan fingerprint density at radius 3 is 2.53 bits per heavy atom. The lowest BCUT2D eigenvalue weighted by atomic mass is 10.0. The van der Waals surface area contributed by atoms with Gasteiger partial charge in [0.2, 0.25) is 0 Å². The van der Waals surface area contributed by atoms with Crippen LogP contribution in [-0.4, -0.2) is 11.5 Å². The third kappa shape index (κ3) is 2.93. The molecule has 17 heavy (non-hydrogen) atoms. The van der Waals surface area contributed by atoms with Crippen LogP contribution in [0.15, 0.2) is 29.6 Å². The molecule has 1 heterocycles. The zero-order chi connectivity index (χ0) is 12.3. The van der Waals surface area contributed by atoms with E-state index in [-0.39, 0.29) is 0 Å². The first kappa shape index (κ1) is 12.3. The minimum Gasteiger partial charge on any atom is -0.330 e. The lowest BCUT2D eigenvalue weighted by Crippen LogP contribution is -2.02. The van der Waals surface area contributed by atoms with Gasteiger partial charge in [-0.3, -0.25) is 0 Å². The third-order valence-electron chi connectivity index (χ3n) is 2.78. The van der Waals surface area contributed by atoms with E-state index in [1.54, 1.807) is 11.3 Å². The summed E-state index contributed by atoms with van der Waals surface area (Å²) in [6.45, 7) is 5.07. The molecule has 0 aliphatic heterocycles. The predicted octanol–water partition coefficient (Wildman–Crippen LogP) is 3.43. The SMILES string of the molecule is CC(C)c1ccc(-c2nc(CCN)cs2)cc1. The predicted molar refractivity (Wildman–Crippen MR) is 74.4 cm³/mol. The number of rotatable bonds is 4. The number of benzene rings is 1. The van der Waals surface area contributed by atoms with Gasteiger partial charge in [0.05, 0.1) is 5.69 Å². The van der Waals surface area contributed by atoms with Gasteiger partial charge >= 0.3 is 0 Å². The topological polar surface area (TPSA) is 38.9 Å². The second kappa shape index (κ2) is 5.43. The van der Waals surface area contributed by atoms with Crippen LogP contribution in [0.25, 0.3) is 10.6 Å². The van der Waals surface area contributed by atoms with Crippen LogP contribution in [0.2, 0.25) is 0 Å². The molecule has 2 nitrogen and oxygen atoms in total. The standard InChI is InChI=1S/C14H18N2S/c1-10(2)11-3-5-12(6-4-11)14-16-13(7-8-15)9-17-14/h3-6,9-10H,7-8,15H2,1-2H3. The van der Waals surface area contributed by atoms with Crippen molar-refractivity contribution in [1.29, 1.82) is 0 Å². The van der Waals surface area contributed by atoms with Crippen molar-refractivity contribution in [1.82, 2.24) is 4.98 Å². The number of hydrogen-bond donors (Lipinski definition) is 1. The van der Waals surface area contributed by atoms with E-state index in [4.69, 9.17) is 5.73 Å². The Morgan fingerprint density at radius 2 is 1.94 bits per heavy atom. The Kier molecular flexibility index (Phi) is 3.92. The molecule has 0 aliphatic carbocycles. The van der Waals surface area contributed by atoms with Gasteiger partial charge in [0.15, 0.2) is 0 Å². The monoisotopic (exact) mass is 246 g/mol. The minimum atomic E-state index is 0.577. The molecule has 0 fully saturated rings. The molecule has 1 aromatic carbocycles. The van der Waals surface area contributed by atoms with Crippen molar-refractivity contribution in [2.24, 2.45) is 5.73 Å². The number of nitrogens with zero attached hydrogens (tertiary/aromatic N) is 1. The van der Waals surface area contributed by atoms with Crippen LogP contribution in [0.4, 0.5) is 0 Å². The van der Waals surface area contributed by atoms with Crippen molar-refractivity contribution in [2.45, 2.75) is 26.2 Å². The van der Waals surface area contributed by atoms with E-state index in [0.29, 0.717) is 12.5 Å². The second-order valence-corrected chi connectivity index (χ2v) is 5.32. The van der Waals surface area contributed by atoms with E-state index < -0.39 is 0 Å². The highest BCUT2D eigenvalue weighted by atomic mass is 32.1. The van der Waals surface area contributed by atoms with E-state index in [9.17, 15) is 0 Å². The third-order valence-corrected chi connectivity index (χ3v) is 3.72. The summed E-state index contributed by atoms with van der Waals surface area (Å²) in [6.07, 6.45) is 0.862. The molecule has 2 rings (SSSR count). The number of aromatic nitrogens is 1. The molecule has 0 saturated carbocycles. The molecule has 0 amide bonds. The lowest BCUT2D eigenvalue weighted by molar-refractivity contribution is 0.867. The fourth-order valence-corrected chi connectivity index (χ4v) is 2.57. The first-order valence-electron chi connectivity index (χ1n) is 5.95. The zero-order valence-electron chi connectivity index (χ0n) is 10.3. The molecule has 0 unspecified atom stereocenters. The van der Waals surface area contributed by atoms with Gasteiger partial charge in [0, 0.05) is 17.4 Å². The minimum absolute atomic E-state index is 0.577. The number of hydrogen-bond acceptors (Lipinski definition) is 3. The van der Waals surface area contributed by atoms with Crippen molar-refractivity contribution < 1.29 is 0 Å². The molecule has 0 atom stereocenters. The fourth-order valence-electron chi connectivity index (χ4n) is 1.71. The number of thiazole rings is 1. The Labute approximate surface area is 107 Å². The highest BCUT2D eigenvalue weighted by Crippen LogP contribution is 2.25. The molecule has 0 spiro atoms. The Balaban J connectivity index is 2.21. The van der Waals surface area contributed by atoms with Crippen LogP contribution >= 0.6 is 11.3 Å². The Bertz CT molecular complexity index is 471. The van der Waals surface area contributed by atoms with Gasteiger partial charge < -0.3 is 5.73 Å². The summed E-state index contributed by atoms with van der Waals surface area (Å²) in [7, 11) is 0. The molecule has 2 aromatic rings. The summed E-state index contributed by atoms with van der Waals surface area (Å²) >= 11 is 1.69. The molecule has 0 radical (unpaired) electrons. The maximum absolute atomic E-state index is 5.53. The summed E-state index contributed by atoms with van der Waals surface area (Å²) in [5, 5.41) is 3.18. The summed E-state index contributed by atoms with van der Waals surface area (Å²) in [5.74, 6) is 0.577. The van der Waals surface area contributed by atoms with Gasteiger partial charge in [-0.25, -0.2) is 4.98 Å². The van der Waals surface area contributed by atoms with Crippen molar-refractivity contribution in [3.05, 3.63) is 40.9 Å². The first-order chi connectivity index (χ1) is 8.20. The normalized spacial score (nSPS) is 11.1. The van der Waals surface area contributed by atoms with Crippen molar-refractivity contribution in [3.8, 4) is 10.6 Å². The molecule has 3 heteroatoms. The maximum atomic E-state index is 5.53. The zero-order valence-corrected chi connectivity index (χ0v) is 11.1. The molecule has 0 saturated heterocycles. The summed E-state index contributed by atoms with van der Waals surface area (Å²) in [5.41, 5.74) is 9.19. The van der Waals surface area contributed by atoms with Gasteiger partial charge in [-0.15, -0.1) is 11.3 Å². The molecule has 1 aromatic heterocycles. The summed E-state index contributed by atoms with van der Waals surface area (Å²) in [4.78, 5) is 4.58. The lowest BCUT2D eigenvalue weighted by Gasteiger charge is -2.05. The number of nitrogens with two attached hydrogens (primary N) is 1. The van der Waals surface area contributed by atoms with Crippen LogP contribution in [0.5, 0.6) is 0 Å². The molecular formula is C14H18N2S. The molecule has 0 bridgehead atoms. The second-order valence-electron chi connectivity index (χ2n) is 4.46. The van der Waals surface area contributed by atoms with E-state index in [1.807, 2.05) is 0 Å². The summed E-state index contributed by atoms with van der Waals surface area (Å²) in [6, 6.07) is 8.68. The Hall–Kier alpha value is -1.19. The smallest absolute Gasteiger partial charge is 0.123 e. The molecule has 90 valence electrons. The van der Waals surface area contributed by atoms with Crippen LogP contribution < -0.4 is 5.73 Å². The van der Waals surface area contributed by atoms with E-state index in [2.05, 4.69) is 48.5 Å². The molecule has 2 N–H and O–H groups in total. The van der Waals surface area contributed by atoms with E-state index in [0.717, 1.165) is 17.1 Å². The van der Waals surface area contributed by atoms with E-state index >= 15 is 0 Å². The largest absolute Gasteiger partial charge is 0.330 e. The van der Waals surface area contributed by atoms with Crippen LogP contribution in [0, 0.1) is 0 Å². The fraction of sp³-hybridized carbons (Fsp3) is 0.357. The van der Waals surface area contributed by atoms with Crippen LogP contribution in [0.3, 0.4) is 0 Å². The van der Waals surface area contributed by atoms with Crippen molar-refractivity contribution >= 4 is 11.3 Å². The molecular weight excluding hydrogens is 228 g/mol. The van der Waals surface area contributed by atoms with Gasteiger partial charge in [-0.05, 0) is 18.0 Å². The highest BCUT2D eigenvalue weighted by molar-refractivity contribution is 7.13. The van der Waals surface area contributed by atoms with Gasteiger partial charge in [0.25, 0.3) is 0 Å². The van der Waals surface area contributed by atoms with E-state index in [1.165, 1.54) is 11.1 Å². The van der Waals surface area contributed by atoms with Crippen molar-refractivity contribution in [2.75, 3.05) is 6.54 Å². The Morgan fingerprint density at radius 1 is 1.24 bits per heavy atom. The summed E-state index contributed by atoms with van der Waals surface area (Å²) < 4.78 is 0. The van der Waals surface area contributed by atoms with Crippen LogP contribution in [-0.2, 0) is 6.42 Å². The average molecular weight is 246 g/mol. The highest BCUT2D eigenvalue weighted by Gasteiger charge is 2.05. The van der Waals surface area contributed by atoms with Crippen LogP contribution in [0.1, 0.15) is 31.0 Å². The van der Waals surface area contributed by atoms with Gasteiger partial charge in [-0.1, -0.05) is 38.1 Å². The van der Waals surface area contributed by atoms with Gasteiger partial charge in [0.1, 0.15) is 5.01 Å². The average Bonchev–Trinajstić information content (AvgIpc) is 2.78. The maximum Gasteiger partial charge on any atom is 0.123 e. The van der Waals surface area contributed by atoms with Gasteiger partial charge in [-0.2, -0.15) is 0 Å². The van der Waals surface area contributed by atoms with Crippen molar-refractivity contribution in [3.63, 3.8) is 0 Å². The first-order valence-corrected chi connectivity index (χ1v) is 6.83. The molecule has 0 aliphatic rings. The quantitative estimate of drug-likeness (QED) is 0.897.